The van der Waals surface area contributed by atoms with Gasteiger partial charge in [-0.2, -0.15) is 0 Å². The summed E-state index contributed by atoms with van der Waals surface area (Å²) in [5.74, 6) is -1.48. The largest absolute Gasteiger partial charge is 0.502 e. The molecule has 0 bridgehead atoms. The number of rotatable bonds is 5. The van der Waals surface area contributed by atoms with Crippen molar-refractivity contribution in [3.8, 4) is 17.2 Å². The minimum Gasteiger partial charge on any atom is -0.502 e. The molecule has 0 saturated heterocycles. The molecular weight excluding hydrogens is 276 g/mol. The highest BCUT2D eigenvalue weighted by Gasteiger charge is 2.28. The molecule has 0 unspecified atom stereocenters. The molecule has 0 aromatic heterocycles. The average Bonchev–Trinajstić information content (AvgIpc) is 2.37. The van der Waals surface area contributed by atoms with Crippen molar-refractivity contribution in [2.45, 2.75) is 6.92 Å². The fraction of sp³-hybridized carbons (Fsp3) is 0.333. The van der Waals surface area contributed by atoms with Crippen molar-refractivity contribution in [3.63, 3.8) is 0 Å². The third-order valence-electron chi connectivity index (χ3n) is 2.34. The lowest BCUT2D eigenvalue weighted by molar-refractivity contribution is 0.0519. The minimum absolute atomic E-state index is 0.0334. The van der Waals surface area contributed by atoms with Crippen molar-refractivity contribution in [1.82, 2.24) is 0 Å². The fourth-order valence-electron chi connectivity index (χ4n) is 1.54. The lowest BCUT2D eigenvalue weighted by Crippen LogP contribution is -2.12. The molecule has 0 radical (unpaired) electrons. The van der Waals surface area contributed by atoms with E-state index in [0.717, 1.165) is 6.07 Å². The summed E-state index contributed by atoms with van der Waals surface area (Å²) in [4.78, 5) is 23.2. The van der Waals surface area contributed by atoms with E-state index in [9.17, 15) is 14.7 Å². The molecular formula is C12H13ClO6. The van der Waals surface area contributed by atoms with Gasteiger partial charge in [-0.15, -0.1) is 0 Å². The van der Waals surface area contributed by atoms with Gasteiger partial charge in [0, 0.05) is 0 Å². The Bertz CT molecular complexity index is 511. The molecule has 0 saturated carbocycles. The Hall–Kier alpha value is -1.95. The number of halogens is 1. The number of carbonyl (C=O) groups excluding carboxylic acids is 2. The first-order chi connectivity index (χ1) is 8.97. The lowest BCUT2D eigenvalue weighted by atomic mass is 10.1. The smallest absolute Gasteiger partial charge is 0.342 e. The molecule has 7 heteroatoms. The molecule has 0 aliphatic heterocycles. The van der Waals surface area contributed by atoms with Crippen molar-refractivity contribution in [2.75, 3.05) is 20.8 Å². The first kappa shape index (κ1) is 15.1. The SMILES string of the molecule is CCOC(=O)c1c(C(=O)Cl)cc(OC)c(O)c1OC. The van der Waals surface area contributed by atoms with E-state index in [4.69, 9.17) is 25.8 Å². The number of methoxy groups -OCH3 is 2. The van der Waals surface area contributed by atoms with E-state index in [1.165, 1.54) is 14.2 Å². The van der Waals surface area contributed by atoms with Gasteiger partial charge in [-0.1, -0.05) is 0 Å². The summed E-state index contributed by atoms with van der Waals surface area (Å²) in [7, 11) is 2.53. The van der Waals surface area contributed by atoms with Gasteiger partial charge in [0.15, 0.2) is 11.5 Å². The first-order valence-electron chi connectivity index (χ1n) is 5.32. The maximum atomic E-state index is 11.8. The van der Waals surface area contributed by atoms with Crippen LogP contribution in [0.2, 0.25) is 0 Å². The van der Waals surface area contributed by atoms with Gasteiger partial charge < -0.3 is 19.3 Å². The molecule has 1 aromatic carbocycles. The van der Waals surface area contributed by atoms with E-state index in [1.807, 2.05) is 0 Å². The van der Waals surface area contributed by atoms with Gasteiger partial charge in [-0.3, -0.25) is 4.79 Å². The average molecular weight is 289 g/mol. The van der Waals surface area contributed by atoms with E-state index in [1.54, 1.807) is 6.92 Å². The zero-order valence-corrected chi connectivity index (χ0v) is 11.4. The number of esters is 1. The normalized spacial score (nSPS) is 9.89. The van der Waals surface area contributed by atoms with Crippen LogP contribution >= 0.6 is 11.6 Å². The number of phenolic OH excluding ortho intramolecular Hbond substituents is 1. The summed E-state index contributed by atoms with van der Waals surface area (Å²) in [6, 6.07) is 1.15. The number of hydrogen-bond acceptors (Lipinski definition) is 6. The van der Waals surface area contributed by atoms with E-state index in [-0.39, 0.29) is 29.2 Å². The molecule has 0 fully saturated rings. The topological polar surface area (TPSA) is 82.1 Å². The van der Waals surface area contributed by atoms with Crippen LogP contribution in [0.25, 0.3) is 0 Å². The molecule has 19 heavy (non-hydrogen) atoms. The number of benzene rings is 1. The molecule has 6 nitrogen and oxygen atoms in total. The first-order valence-corrected chi connectivity index (χ1v) is 5.70. The van der Waals surface area contributed by atoms with E-state index >= 15 is 0 Å². The Morgan fingerprint density at radius 2 is 1.95 bits per heavy atom. The molecule has 104 valence electrons. The molecule has 0 atom stereocenters. The third kappa shape index (κ3) is 2.90. The predicted octanol–water partition coefficient (Wildman–Crippen LogP) is 1.97. The quantitative estimate of drug-likeness (QED) is 0.659. The summed E-state index contributed by atoms with van der Waals surface area (Å²) in [6.07, 6.45) is 0. The maximum Gasteiger partial charge on any atom is 0.342 e. The summed E-state index contributed by atoms with van der Waals surface area (Å²) in [5, 5.41) is 8.99. The highest BCUT2D eigenvalue weighted by atomic mass is 35.5. The molecule has 1 rings (SSSR count). The van der Waals surface area contributed by atoms with Gasteiger partial charge >= 0.3 is 5.97 Å². The minimum atomic E-state index is -0.889. The van der Waals surface area contributed by atoms with Crippen LogP contribution < -0.4 is 9.47 Å². The van der Waals surface area contributed by atoms with E-state index in [2.05, 4.69) is 0 Å². The van der Waals surface area contributed by atoms with Gasteiger partial charge in [0.1, 0.15) is 5.56 Å². The molecule has 1 N–H and O–H groups in total. The monoisotopic (exact) mass is 288 g/mol. The Morgan fingerprint density at radius 3 is 2.37 bits per heavy atom. The summed E-state index contributed by atoms with van der Waals surface area (Å²) < 4.78 is 14.6. The van der Waals surface area contributed by atoms with E-state index < -0.39 is 17.0 Å². The van der Waals surface area contributed by atoms with Crippen LogP contribution in [0.15, 0.2) is 6.07 Å². The highest BCUT2D eigenvalue weighted by Crippen LogP contribution is 2.41. The zero-order chi connectivity index (χ0) is 14.6. The van der Waals surface area contributed by atoms with Crippen molar-refractivity contribution in [3.05, 3.63) is 17.2 Å². The lowest BCUT2D eigenvalue weighted by Gasteiger charge is -2.14. The predicted molar refractivity (Wildman–Crippen MR) is 67.4 cm³/mol. The number of carbonyl (C=O) groups is 2. The summed E-state index contributed by atoms with van der Waals surface area (Å²) >= 11 is 5.42. The van der Waals surface area contributed by atoms with Crippen LogP contribution in [0.1, 0.15) is 27.6 Å². The highest BCUT2D eigenvalue weighted by molar-refractivity contribution is 6.68. The van der Waals surface area contributed by atoms with Crippen molar-refractivity contribution >= 4 is 22.8 Å². The van der Waals surface area contributed by atoms with Gasteiger partial charge in [0.2, 0.25) is 5.75 Å². The van der Waals surface area contributed by atoms with Gasteiger partial charge in [-0.25, -0.2) is 4.79 Å². The Balaban J connectivity index is 3.60. The van der Waals surface area contributed by atoms with Crippen LogP contribution in [0, 0.1) is 0 Å². The number of phenols is 1. The standard InChI is InChI=1S/C12H13ClO6/c1-4-19-12(16)8-6(11(13)15)5-7(17-2)9(14)10(8)18-3/h5,14H,4H2,1-3H3. The summed E-state index contributed by atoms with van der Waals surface area (Å²) in [6.45, 7) is 1.71. The molecule has 0 aliphatic rings. The number of hydrogen-bond donors (Lipinski definition) is 1. The molecule has 1 aromatic rings. The Kier molecular flexibility index (Phi) is 5.00. The van der Waals surface area contributed by atoms with Gasteiger partial charge in [-0.05, 0) is 24.6 Å². The zero-order valence-electron chi connectivity index (χ0n) is 10.7. The van der Waals surface area contributed by atoms with Crippen molar-refractivity contribution in [2.24, 2.45) is 0 Å². The molecule has 0 amide bonds. The maximum absolute atomic E-state index is 11.8. The molecule has 0 aliphatic carbocycles. The second-order valence-electron chi connectivity index (χ2n) is 3.38. The number of aromatic hydroxyl groups is 1. The summed E-state index contributed by atoms with van der Waals surface area (Å²) in [5.41, 5.74) is -0.394. The van der Waals surface area contributed by atoms with Gasteiger partial charge in [0.25, 0.3) is 5.24 Å². The van der Waals surface area contributed by atoms with Crippen LogP contribution in [-0.2, 0) is 4.74 Å². The molecule has 0 spiro atoms. The molecule has 0 heterocycles. The van der Waals surface area contributed by atoms with Crippen LogP contribution in [0.4, 0.5) is 0 Å². The fourth-order valence-corrected chi connectivity index (χ4v) is 1.69. The second kappa shape index (κ2) is 6.29. The second-order valence-corrected chi connectivity index (χ2v) is 3.72. The van der Waals surface area contributed by atoms with E-state index in [0.29, 0.717) is 0 Å². The number of ether oxygens (including phenoxy) is 3. The van der Waals surface area contributed by atoms with Crippen LogP contribution in [0.3, 0.4) is 0 Å². The van der Waals surface area contributed by atoms with Crippen molar-refractivity contribution in [1.29, 1.82) is 0 Å². The Morgan fingerprint density at radius 1 is 1.32 bits per heavy atom. The Labute approximate surface area is 114 Å². The van der Waals surface area contributed by atoms with Crippen LogP contribution in [-0.4, -0.2) is 37.1 Å². The van der Waals surface area contributed by atoms with Gasteiger partial charge in [0.05, 0.1) is 26.4 Å². The third-order valence-corrected chi connectivity index (χ3v) is 2.54. The van der Waals surface area contributed by atoms with Crippen molar-refractivity contribution < 1.29 is 28.9 Å². The van der Waals surface area contributed by atoms with Crippen LogP contribution in [0.5, 0.6) is 17.2 Å².